The third kappa shape index (κ3) is 2.41. The molecule has 104 valence electrons. The van der Waals surface area contributed by atoms with Gasteiger partial charge >= 0.3 is 0 Å². The Morgan fingerprint density at radius 2 is 1.75 bits per heavy atom. The van der Waals surface area contributed by atoms with E-state index in [1.165, 1.54) is 11.1 Å². The molecule has 2 aromatic carbocycles. The molecular weight excluding hydrogens is 252 g/mol. The number of nitrogens with one attached hydrogen (secondary N) is 1. The molecule has 3 rings (SSSR count). The first kappa shape index (κ1) is 13.1. The van der Waals surface area contributed by atoms with Gasteiger partial charge in [-0.1, -0.05) is 30.3 Å². The first-order chi connectivity index (χ1) is 9.81. The van der Waals surface area contributed by atoms with E-state index in [0.29, 0.717) is 13.2 Å². The molecule has 0 aromatic heterocycles. The minimum Gasteiger partial charge on any atom is -0.497 e. The van der Waals surface area contributed by atoms with Crippen molar-refractivity contribution in [1.29, 1.82) is 0 Å². The first-order valence-corrected chi connectivity index (χ1v) is 6.61. The molecule has 0 radical (unpaired) electrons. The Kier molecular flexibility index (Phi) is 3.69. The Labute approximate surface area is 118 Å². The van der Waals surface area contributed by atoms with Gasteiger partial charge in [-0.25, -0.2) is 5.43 Å². The average Bonchev–Trinajstić information content (AvgIpc) is 2.96. The molecule has 0 amide bonds. The van der Waals surface area contributed by atoms with Crippen LogP contribution in [0.5, 0.6) is 5.75 Å². The Balaban J connectivity index is 1.92. The van der Waals surface area contributed by atoms with Crippen molar-refractivity contribution in [2.75, 3.05) is 7.11 Å². The van der Waals surface area contributed by atoms with Gasteiger partial charge in [-0.05, 0) is 34.4 Å². The van der Waals surface area contributed by atoms with Gasteiger partial charge in [0.25, 0.3) is 0 Å². The van der Waals surface area contributed by atoms with E-state index in [4.69, 9.17) is 15.3 Å². The summed E-state index contributed by atoms with van der Waals surface area (Å²) < 4.78 is 10.6. The maximum absolute atomic E-state index is 5.74. The summed E-state index contributed by atoms with van der Waals surface area (Å²) in [6, 6.07) is 14.3. The van der Waals surface area contributed by atoms with Gasteiger partial charge in [-0.15, -0.1) is 0 Å². The van der Waals surface area contributed by atoms with Crippen molar-refractivity contribution >= 4 is 0 Å². The third-order valence-electron chi connectivity index (χ3n) is 3.69. The molecule has 0 aliphatic carbocycles. The molecule has 0 spiro atoms. The van der Waals surface area contributed by atoms with Gasteiger partial charge in [0, 0.05) is 0 Å². The quantitative estimate of drug-likeness (QED) is 0.661. The highest BCUT2D eigenvalue weighted by atomic mass is 16.5. The third-order valence-corrected chi connectivity index (χ3v) is 3.69. The van der Waals surface area contributed by atoms with E-state index in [2.05, 4.69) is 23.6 Å². The summed E-state index contributed by atoms with van der Waals surface area (Å²) in [6.45, 7) is 1.39. The van der Waals surface area contributed by atoms with Gasteiger partial charge in [0.15, 0.2) is 0 Å². The molecule has 3 N–H and O–H groups in total. The van der Waals surface area contributed by atoms with Crippen molar-refractivity contribution < 1.29 is 9.47 Å². The molecule has 0 saturated heterocycles. The van der Waals surface area contributed by atoms with Crippen LogP contribution in [0.25, 0.3) is 0 Å². The number of hydrazine groups is 1. The smallest absolute Gasteiger partial charge is 0.118 e. The van der Waals surface area contributed by atoms with Gasteiger partial charge in [-0.2, -0.15) is 0 Å². The van der Waals surface area contributed by atoms with E-state index < -0.39 is 0 Å². The molecule has 1 unspecified atom stereocenters. The summed E-state index contributed by atoms with van der Waals surface area (Å²) in [7, 11) is 1.66. The molecule has 1 atom stereocenters. The van der Waals surface area contributed by atoms with Crippen LogP contribution in [0, 0.1) is 0 Å². The van der Waals surface area contributed by atoms with Crippen molar-refractivity contribution in [2.24, 2.45) is 5.84 Å². The molecule has 4 nitrogen and oxygen atoms in total. The summed E-state index contributed by atoms with van der Waals surface area (Å²) in [4.78, 5) is 0. The van der Waals surface area contributed by atoms with Crippen molar-refractivity contribution in [1.82, 2.24) is 5.43 Å². The number of hydrogen-bond acceptors (Lipinski definition) is 4. The van der Waals surface area contributed by atoms with E-state index >= 15 is 0 Å². The second-order valence-electron chi connectivity index (χ2n) is 4.89. The second kappa shape index (κ2) is 5.63. The van der Waals surface area contributed by atoms with Crippen LogP contribution in [0.3, 0.4) is 0 Å². The Hall–Kier alpha value is -1.88. The number of benzene rings is 2. The van der Waals surface area contributed by atoms with Crippen molar-refractivity contribution in [3.05, 3.63) is 64.7 Å². The fraction of sp³-hybridized carbons (Fsp3) is 0.250. The number of fused-ring (bicyclic) bond motifs is 1. The zero-order chi connectivity index (χ0) is 13.9. The van der Waals surface area contributed by atoms with E-state index in [9.17, 15) is 0 Å². The van der Waals surface area contributed by atoms with Crippen molar-refractivity contribution in [3.63, 3.8) is 0 Å². The van der Waals surface area contributed by atoms with E-state index in [0.717, 1.165) is 16.9 Å². The van der Waals surface area contributed by atoms with Crippen LogP contribution < -0.4 is 16.0 Å². The maximum atomic E-state index is 5.74. The fourth-order valence-electron chi connectivity index (χ4n) is 2.55. The van der Waals surface area contributed by atoms with E-state index in [-0.39, 0.29) is 6.04 Å². The molecule has 1 aliphatic rings. The highest BCUT2D eigenvalue weighted by Crippen LogP contribution is 2.28. The lowest BCUT2D eigenvalue weighted by atomic mass is 9.96. The fourth-order valence-corrected chi connectivity index (χ4v) is 2.55. The molecule has 0 bridgehead atoms. The van der Waals surface area contributed by atoms with Gasteiger partial charge in [0.2, 0.25) is 0 Å². The predicted octanol–water partition coefficient (Wildman–Crippen LogP) is 2.28. The summed E-state index contributed by atoms with van der Waals surface area (Å²) >= 11 is 0. The van der Waals surface area contributed by atoms with Gasteiger partial charge in [0.05, 0.1) is 26.4 Å². The lowest BCUT2D eigenvalue weighted by molar-refractivity contribution is 0.134. The number of ether oxygens (including phenoxy) is 2. The van der Waals surface area contributed by atoms with Crippen LogP contribution in [0.15, 0.2) is 42.5 Å². The Morgan fingerprint density at radius 3 is 2.45 bits per heavy atom. The monoisotopic (exact) mass is 270 g/mol. The Morgan fingerprint density at radius 1 is 1.05 bits per heavy atom. The zero-order valence-corrected chi connectivity index (χ0v) is 11.4. The zero-order valence-electron chi connectivity index (χ0n) is 11.4. The van der Waals surface area contributed by atoms with Crippen LogP contribution in [-0.4, -0.2) is 7.11 Å². The first-order valence-electron chi connectivity index (χ1n) is 6.61. The standard InChI is InChI=1S/C16H18N2O2/c1-19-15-6-4-11(5-7-15)16(18-17)12-2-3-13-9-20-10-14(13)8-12/h2-8,16,18H,9-10,17H2,1H3. The van der Waals surface area contributed by atoms with Gasteiger partial charge in [-0.3, -0.25) is 5.84 Å². The minimum atomic E-state index is -0.0354. The molecule has 1 aliphatic heterocycles. The van der Waals surface area contributed by atoms with Crippen LogP contribution in [0.1, 0.15) is 28.3 Å². The summed E-state index contributed by atoms with van der Waals surface area (Å²) in [5, 5.41) is 0. The van der Waals surface area contributed by atoms with E-state index in [1.54, 1.807) is 7.11 Å². The average molecular weight is 270 g/mol. The summed E-state index contributed by atoms with van der Waals surface area (Å²) in [5.41, 5.74) is 7.64. The largest absolute Gasteiger partial charge is 0.497 e. The lowest BCUT2D eigenvalue weighted by Crippen LogP contribution is -2.28. The Bertz CT molecular complexity index is 596. The molecule has 0 fully saturated rings. The highest BCUT2D eigenvalue weighted by Gasteiger charge is 2.17. The number of rotatable bonds is 4. The summed E-state index contributed by atoms with van der Waals surface area (Å²) in [6.07, 6.45) is 0. The topological polar surface area (TPSA) is 56.5 Å². The number of nitrogens with two attached hydrogens (primary N) is 1. The van der Waals surface area contributed by atoms with Crippen LogP contribution in [0.2, 0.25) is 0 Å². The lowest BCUT2D eigenvalue weighted by Gasteiger charge is -2.18. The second-order valence-corrected chi connectivity index (χ2v) is 4.89. The number of methoxy groups -OCH3 is 1. The maximum Gasteiger partial charge on any atom is 0.118 e. The van der Waals surface area contributed by atoms with Crippen molar-refractivity contribution in [2.45, 2.75) is 19.3 Å². The molecule has 20 heavy (non-hydrogen) atoms. The molecule has 1 heterocycles. The van der Waals surface area contributed by atoms with E-state index in [1.807, 2.05) is 24.3 Å². The van der Waals surface area contributed by atoms with Crippen LogP contribution in [0.4, 0.5) is 0 Å². The number of hydrogen-bond donors (Lipinski definition) is 2. The minimum absolute atomic E-state index is 0.0354. The van der Waals surface area contributed by atoms with Crippen LogP contribution in [-0.2, 0) is 18.0 Å². The molecular formula is C16H18N2O2. The summed E-state index contributed by atoms with van der Waals surface area (Å²) in [5.74, 6) is 6.58. The normalized spacial score (nSPS) is 14.9. The van der Waals surface area contributed by atoms with Gasteiger partial charge < -0.3 is 9.47 Å². The highest BCUT2D eigenvalue weighted by molar-refractivity contribution is 5.40. The molecule has 4 heteroatoms. The SMILES string of the molecule is COc1ccc(C(NN)c2ccc3c(c2)COC3)cc1. The molecule has 0 saturated carbocycles. The van der Waals surface area contributed by atoms with Crippen molar-refractivity contribution in [3.8, 4) is 5.75 Å². The molecule has 2 aromatic rings. The van der Waals surface area contributed by atoms with Crippen LogP contribution >= 0.6 is 0 Å². The van der Waals surface area contributed by atoms with Gasteiger partial charge in [0.1, 0.15) is 5.75 Å². The predicted molar refractivity (Wildman–Crippen MR) is 77.1 cm³/mol.